The van der Waals surface area contributed by atoms with Crippen molar-refractivity contribution in [3.05, 3.63) is 66.0 Å². The minimum atomic E-state index is 0.115. The molecule has 4 heteroatoms. The molecule has 1 aromatic carbocycles. The topological polar surface area (TPSA) is 33.2 Å². The minimum Gasteiger partial charge on any atom is -0.336 e. The smallest absolute Gasteiger partial charge is 0.224 e. The van der Waals surface area contributed by atoms with Crippen LogP contribution < -0.4 is 0 Å². The second kappa shape index (κ2) is 8.47. The molecule has 0 N–H and O–H groups in total. The molecule has 0 radical (unpaired) electrons. The van der Waals surface area contributed by atoms with Crippen molar-refractivity contribution in [2.45, 2.75) is 49.8 Å². The van der Waals surface area contributed by atoms with Crippen LogP contribution in [-0.2, 0) is 17.8 Å². The molecule has 2 aliphatic rings. The van der Waals surface area contributed by atoms with Crippen LogP contribution in [0.3, 0.4) is 0 Å². The molecule has 0 bridgehead atoms. The summed E-state index contributed by atoms with van der Waals surface area (Å²) in [6.45, 7) is 1.47. The first-order valence-corrected chi connectivity index (χ1v) is 11.1. The van der Waals surface area contributed by atoms with Crippen molar-refractivity contribution in [1.29, 1.82) is 0 Å². The van der Waals surface area contributed by atoms with Crippen LogP contribution in [0.4, 0.5) is 0 Å². The lowest BCUT2D eigenvalue weighted by molar-refractivity contribution is -0.132. The molecule has 1 aromatic heterocycles. The lowest BCUT2D eigenvalue weighted by atomic mass is 9.73. The molecule has 2 aromatic rings. The molecule has 1 saturated heterocycles. The second-order valence-electron chi connectivity index (χ2n) is 7.86. The van der Waals surface area contributed by atoms with Gasteiger partial charge in [-0.3, -0.25) is 9.78 Å². The fraction of sp³-hybridized carbons (Fsp3) is 0.478. The number of carbonyl (C=O) groups excluding carboxylic acids is 1. The van der Waals surface area contributed by atoms with Gasteiger partial charge in [-0.05, 0) is 42.9 Å². The molecule has 142 valence electrons. The number of thioether (sulfide) groups is 1. The summed E-state index contributed by atoms with van der Waals surface area (Å²) < 4.78 is 0.115. The van der Waals surface area contributed by atoms with Gasteiger partial charge in [-0.2, -0.15) is 11.8 Å². The number of nitrogens with zero attached hydrogens (tertiary/aromatic N) is 2. The van der Waals surface area contributed by atoms with Crippen LogP contribution in [0.5, 0.6) is 0 Å². The third-order valence-corrected chi connectivity index (χ3v) is 7.75. The van der Waals surface area contributed by atoms with Crippen molar-refractivity contribution in [2.24, 2.45) is 5.92 Å². The Morgan fingerprint density at radius 3 is 2.78 bits per heavy atom. The number of hydrogen-bond acceptors (Lipinski definition) is 3. The van der Waals surface area contributed by atoms with Crippen LogP contribution in [-0.4, -0.2) is 32.8 Å². The van der Waals surface area contributed by atoms with E-state index in [1.807, 2.05) is 29.3 Å². The van der Waals surface area contributed by atoms with E-state index in [4.69, 9.17) is 0 Å². The monoisotopic (exact) mass is 380 g/mol. The molecule has 2 unspecified atom stereocenters. The Labute approximate surface area is 166 Å². The van der Waals surface area contributed by atoms with Gasteiger partial charge in [0.2, 0.25) is 5.91 Å². The Morgan fingerprint density at radius 1 is 1.11 bits per heavy atom. The van der Waals surface area contributed by atoms with Gasteiger partial charge >= 0.3 is 0 Å². The molecule has 4 rings (SSSR count). The predicted octanol–water partition coefficient (Wildman–Crippen LogP) is 4.72. The zero-order valence-corrected chi connectivity index (χ0v) is 16.7. The summed E-state index contributed by atoms with van der Waals surface area (Å²) in [4.78, 5) is 19.6. The summed E-state index contributed by atoms with van der Waals surface area (Å²) in [6, 6.07) is 16.7. The molecule has 27 heavy (non-hydrogen) atoms. The van der Waals surface area contributed by atoms with Crippen LogP contribution in [0.15, 0.2) is 54.7 Å². The maximum absolute atomic E-state index is 13.2. The Morgan fingerprint density at radius 2 is 1.96 bits per heavy atom. The van der Waals surface area contributed by atoms with Gasteiger partial charge in [0.1, 0.15) is 0 Å². The number of carbonyl (C=O) groups is 1. The summed E-state index contributed by atoms with van der Waals surface area (Å²) in [5.41, 5.74) is 2.39. The van der Waals surface area contributed by atoms with Crippen molar-refractivity contribution in [2.75, 3.05) is 12.3 Å². The van der Waals surface area contributed by atoms with Gasteiger partial charge in [0.05, 0.1) is 12.2 Å². The van der Waals surface area contributed by atoms with E-state index in [1.54, 1.807) is 0 Å². The average molecular weight is 381 g/mol. The maximum Gasteiger partial charge on any atom is 0.224 e. The Kier molecular flexibility index (Phi) is 5.82. The first kappa shape index (κ1) is 18.5. The summed E-state index contributed by atoms with van der Waals surface area (Å²) in [7, 11) is 0. The number of pyridine rings is 1. The molecule has 3 nitrogen and oxygen atoms in total. The molecular weight excluding hydrogens is 352 g/mol. The van der Waals surface area contributed by atoms with Gasteiger partial charge in [-0.25, -0.2) is 0 Å². The Bertz CT molecular complexity index is 751. The number of hydrogen-bond donors (Lipinski definition) is 0. The number of benzene rings is 1. The summed E-state index contributed by atoms with van der Waals surface area (Å²) in [5.74, 6) is 1.94. The fourth-order valence-electron chi connectivity index (χ4n) is 4.65. The van der Waals surface area contributed by atoms with Crippen LogP contribution >= 0.6 is 11.8 Å². The van der Waals surface area contributed by atoms with E-state index in [-0.39, 0.29) is 4.75 Å². The second-order valence-corrected chi connectivity index (χ2v) is 9.37. The zero-order chi connectivity index (χ0) is 18.5. The number of aromatic nitrogens is 1. The fourth-order valence-corrected chi connectivity index (χ4v) is 6.32. The minimum absolute atomic E-state index is 0.115. The highest BCUT2D eigenvalue weighted by Crippen LogP contribution is 2.49. The molecule has 1 saturated carbocycles. The van der Waals surface area contributed by atoms with Gasteiger partial charge in [-0.1, -0.05) is 49.2 Å². The normalized spacial score (nSPS) is 26.1. The molecule has 1 aliphatic carbocycles. The molecule has 2 fully saturated rings. The maximum atomic E-state index is 13.2. The van der Waals surface area contributed by atoms with Crippen molar-refractivity contribution in [3.63, 3.8) is 0 Å². The lowest BCUT2D eigenvalue weighted by Gasteiger charge is -2.43. The van der Waals surface area contributed by atoms with E-state index in [9.17, 15) is 4.79 Å². The van der Waals surface area contributed by atoms with Crippen LogP contribution in [0.2, 0.25) is 0 Å². The molecule has 1 spiro atoms. The van der Waals surface area contributed by atoms with Gasteiger partial charge in [-0.15, -0.1) is 0 Å². The van der Waals surface area contributed by atoms with Gasteiger partial charge < -0.3 is 4.90 Å². The van der Waals surface area contributed by atoms with Crippen molar-refractivity contribution < 1.29 is 4.79 Å². The highest BCUT2D eigenvalue weighted by molar-refractivity contribution is 8.00. The first-order valence-electron chi connectivity index (χ1n) is 10.1. The van der Waals surface area contributed by atoms with Gasteiger partial charge in [0.15, 0.2) is 0 Å². The van der Waals surface area contributed by atoms with Gasteiger partial charge in [0.25, 0.3) is 0 Å². The van der Waals surface area contributed by atoms with E-state index < -0.39 is 0 Å². The van der Waals surface area contributed by atoms with Crippen molar-refractivity contribution in [1.82, 2.24) is 9.88 Å². The van der Waals surface area contributed by atoms with Crippen molar-refractivity contribution in [3.8, 4) is 0 Å². The van der Waals surface area contributed by atoms with Gasteiger partial charge in [0, 0.05) is 29.7 Å². The molecule has 1 aliphatic heterocycles. The third kappa shape index (κ3) is 4.37. The molecule has 1 amide bonds. The zero-order valence-electron chi connectivity index (χ0n) is 15.8. The van der Waals surface area contributed by atoms with Crippen LogP contribution in [0, 0.1) is 5.92 Å². The highest BCUT2D eigenvalue weighted by atomic mass is 32.2. The van der Waals surface area contributed by atoms with E-state index in [0.29, 0.717) is 24.8 Å². The predicted molar refractivity (Wildman–Crippen MR) is 112 cm³/mol. The summed E-state index contributed by atoms with van der Waals surface area (Å²) >= 11 is 2.07. The third-order valence-electron chi connectivity index (χ3n) is 6.10. The van der Waals surface area contributed by atoms with Crippen LogP contribution in [0.1, 0.15) is 43.4 Å². The standard InChI is InChI=1S/C23H28N2OS/c26-22-17-23(27-15-14-25(22)18-21-11-5-7-13-24-21)12-6-4-10-20(23)16-19-8-2-1-3-9-19/h1-3,5,7-9,11,13,20H,4,6,10,12,14-18H2. The molecule has 2 heterocycles. The van der Waals surface area contributed by atoms with E-state index in [2.05, 4.69) is 47.1 Å². The van der Waals surface area contributed by atoms with Crippen LogP contribution in [0.25, 0.3) is 0 Å². The number of amides is 1. The molecular formula is C23H28N2OS. The van der Waals surface area contributed by atoms with E-state index >= 15 is 0 Å². The number of rotatable bonds is 4. The summed E-state index contributed by atoms with van der Waals surface area (Å²) in [5, 5.41) is 0. The molecule has 2 atom stereocenters. The van der Waals surface area contributed by atoms with E-state index in [1.165, 1.54) is 31.2 Å². The average Bonchev–Trinajstić information content (AvgIpc) is 2.85. The Hall–Kier alpha value is -1.81. The quantitative estimate of drug-likeness (QED) is 0.769. The Balaban J connectivity index is 1.50. The van der Waals surface area contributed by atoms with Crippen molar-refractivity contribution >= 4 is 17.7 Å². The first-order chi connectivity index (χ1) is 13.3. The highest BCUT2D eigenvalue weighted by Gasteiger charge is 2.44. The lowest BCUT2D eigenvalue weighted by Crippen LogP contribution is -2.42. The largest absolute Gasteiger partial charge is 0.336 e. The van der Waals surface area contributed by atoms with E-state index in [0.717, 1.165) is 24.4 Å². The SMILES string of the molecule is O=C1CC2(CCCCC2Cc2ccccc2)SCCN1Cc1ccccn1. The summed E-state index contributed by atoms with van der Waals surface area (Å²) in [6.07, 6.45) is 8.57.